The lowest BCUT2D eigenvalue weighted by Crippen LogP contribution is -2.23. The van der Waals surface area contributed by atoms with Crippen molar-refractivity contribution >= 4 is 22.6 Å². The number of benzene rings is 3. The number of amides is 1. The van der Waals surface area contributed by atoms with Gasteiger partial charge in [-0.2, -0.15) is 0 Å². The third-order valence-electron chi connectivity index (χ3n) is 5.17. The molecule has 5 rings (SSSR count). The van der Waals surface area contributed by atoms with E-state index < -0.39 is 0 Å². The van der Waals surface area contributed by atoms with E-state index in [-0.39, 0.29) is 12.7 Å². The lowest BCUT2D eigenvalue weighted by Gasteiger charge is -2.12. The van der Waals surface area contributed by atoms with E-state index in [4.69, 9.17) is 9.47 Å². The molecule has 31 heavy (non-hydrogen) atoms. The molecule has 1 aromatic heterocycles. The van der Waals surface area contributed by atoms with Crippen molar-refractivity contribution in [2.24, 2.45) is 0 Å². The summed E-state index contributed by atoms with van der Waals surface area (Å²) in [4.78, 5) is 17.7. The molecule has 1 amide bonds. The van der Waals surface area contributed by atoms with Crippen LogP contribution in [0.5, 0.6) is 11.5 Å². The molecule has 0 saturated heterocycles. The van der Waals surface area contributed by atoms with Gasteiger partial charge in [-0.05, 0) is 35.4 Å². The number of ether oxygens (including phenoxy) is 2. The van der Waals surface area contributed by atoms with Crippen LogP contribution in [0.2, 0.25) is 0 Å². The zero-order chi connectivity index (χ0) is 21.0. The zero-order valence-corrected chi connectivity index (χ0v) is 16.8. The molecule has 1 aliphatic rings. The Morgan fingerprint density at radius 3 is 2.55 bits per heavy atom. The van der Waals surface area contributed by atoms with Crippen LogP contribution in [0, 0.1) is 0 Å². The number of hydrogen-bond acceptors (Lipinski definition) is 5. The Balaban J connectivity index is 1.37. The Hall–Kier alpha value is -4.06. The summed E-state index contributed by atoms with van der Waals surface area (Å²) in [5.41, 5.74) is 3.45. The van der Waals surface area contributed by atoms with Crippen molar-refractivity contribution in [1.82, 2.24) is 10.3 Å². The van der Waals surface area contributed by atoms with Crippen LogP contribution in [0.4, 0.5) is 5.82 Å². The smallest absolute Gasteiger partial charge is 0.252 e. The molecule has 6 nitrogen and oxygen atoms in total. The summed E-state index contributed by atoms with van der Waals surface area (Å²) in [6.07, 6.45) is 0. The standard InChI is InChI=1S/C25H21N3O3/c29-25(27-14-17-6-2-1-3-7-17)20-13-24(28-21-9-5-4-8-19(20)21)26-15-18-10-11-22-23(12-18)31-16-30-22/h1-13H,14-16H2,(H,26,28)(H,27,29). The van der Waals surface area contributed by atoms with Crippen LogP contribution in [-0.2, 0) is 13.1 Å². The maximum atomic E-state index is 13.0. The largest absolute Gasteiger partial charge is 0.454 e. The van der Waals surface area contributed by atoms with E-state index in [1.54, 1.807) is 6.07 Å². The molecule has 154 valence electrons. The van der Waals surface area contributed by atoms with Crippen LogP contribution in [-0.4, -0.2) is 17.7 Å². The third kappa shape index (κ3) is 4.14. The number of para-hydroxylation sites is 1. The molecular formula is C25H21N3O3. The molecule has 0 spiro atoms. The number of nitrogens with zero attached hydrogens (tertiary/aromatic N) is 1. The summed E-state index contributed by atoms with van der Waals surface area (Å²) < 4.78 is 10.8. The van der Waals surface area contributed by atoms with Crippen molar-refractivity contribution in [2.45, 2.75) is 13.1 Å². The predicted octanol–water partition coefficient (Wildman–Crippen LogP) is 4.51. The van der Waals surface area contributed by atoms with Crippen LogP contribution in [0.3, 0.4) is 0 Å². The highest BCUT2D eigenvalue weighted by molar-refractivity contribution is 6.06. The van der Waals surface area contributed by atoms with Crippen LogP contribution in [0.25, 0.3) is 10.9 Å². The van der Waals surface area contributed by atoms with E-state index in [0.717, 1.165) is 33.5 Å². The number of anilines is 1. The van der Waals surface area contributed by atoms with Gasteiger partial charge in [-0.25, -0.2) is 4.98 Å². The summed E-state index contributed by atoms with van der Waals surface area (Å²) in [5, 5.41) is 7.16. The SMILES string of the molecule is O=C(NCc1ccccc1)c1cc(NCc2ccc3c(c2)OCO3)nc2ccccc12. The fourth-order valence-corrected chi connectivity index (χ4v) is 3.57. The minimum atomic E-state index is -0.131. The highest BCUT2D eigenvalue weighted by atomic mass is 16.7. The van der Waals surface area contributed by atoms with E-state index in [2.05, 4.69) is 15.6 Å². The second-order valence-electron chi connectivity index (χ2n) is 7.28. The average Bonchev–Trinajstić information content (AvgIpc) is 3.29. The number of aromatic nitrogens is 1. The van der Waals surface area contributed by atoms with Gasteiger partial charge >= 0.3 is 0 Å². The van der Waals surface area contributed by atoms with Gasteiger partial charge in [0.05, 0.1) is 11.1 Å². The number of rotatable bonds is 6. The van der Waals surface area contributed by atoms with E-state index in [0.29, 0.717) is 24.5 Å². The normalized spacial score (nSPS) is 12.0. The molecule has 0 radical (unpaired) electrons. The number of nitrogens with one attached hydrogen (secondary N) is 2. The van der Waals surface area contributed by atoms with E-state index >= 15 is 0 Å². The monoisotopic (exact) mass is 411 g/mol. The van der Waals surface area contributed by atoms with Gasteiger partial charge in [0.1, 0.15) is 5.82 Å². The zero-order valence-electron chi connectivity index (χ0n) is 16.8. The fourth-order valence-electron chi connectivity index (χ4n) is 3.57. The van der Waals surface area contributed by atoms with Gasteiger partial charge < -0.3 is 20.1 Å². The number of carbonyl (C=O) groups is 1. The molecule has 0 fully saturated rings. The first kappa shape index (κ1) is 18.9. The minimum Gasteiger partial charge on any atom is -0.454 e. The summed E-state index contributed by atoms with van der Waals surface area (Å²) in [7, 11) is 0. The van der Waals surface area contributed by atoms with Crippen molar-refractivity contribution in [1.29, 1.82) is 0 Å². The molecule has 4 aromatic rings. The van der Waals surface area contributed by atoms with Gasteiger partial charge in [0.15, 0.2) is 11.5 Å². The molecule has 2 heterocycles. The van der Waals surface area contributed by atoms with Crippen LogP contribution >= 0.6 is 0 Å². The molecule has 0 aliphatic carbocycles. The van der Waals surface area contributed by atoms with E-state index in [1.807, 2.05) is 72.8 Å². The highest BCUT2D eigenvalue weighted by Crippen LogP contribution is 2.32. The van der Waals surface area contributed by atoms with Crippen molar-refractivity contribution < 1.29 is 14.3 Å². The van der Waals surface area contributed by atoms with E-state index in [9.17, 15) is 4.79 Å². The average molecular weight is 411 g/mol. The maximum absolute atomic E-state index is 13.0. The number of pyridine rings is 1. The van der Waals surface area contributed by atoms with Crippen molar-refractivity contribution in [3.05, 3.63) is 95.6 Å². The molecule has 0 atom stereocenters. The van der Waals surface area contributed by atoms with E-state index in [1.165, 1.54) is 0 Å². The Labute approximate surface area is 179 Å². The first-order valence-electron chi connectivity index (χ1n) is 10.1. The summed E-state index contributed by atoms with van der Waals surface area (Å²) >= 11 is 0. The molecule has 0 bridgehead atoms. The fraction of sp³-hybridized carbons (Fsp3) is 0.120. The molecule has 3 aromatic carbocycles. The van der Waals surface area contributed by atoms with Crippen molar-refractivity contribution in [2.75, 3.05) is 12.1 Å². The second kappa shape index (κ2) is 8.36. The first-order valence-corrected chi connectivity index (χ1v) is 10.1. The quantitative estimate of drug-likeness (QED) is 0.489. The Bertz CT molecular complexity index is 1240. The van der Waals surface area contributed by atoms with Gasteiger partial charge in [-0.15, -0.1) is 0 Å². The molecule has 0 unspecified atom stereocenters. The molecule has 1 aliphatic heterocycles. The molecule has 6 heteroatoms. The van der Waals surface area contributed by atoms with Gasteiger partial charge in [-0.1, -0.05) is 54.6 Å². The Morgan fingerprint density at radius 1 is 0.839 bits per heavy atom. The minimum absolute atomic E-state index is 0.131. The van der Waals surface area contributed by atoms with Gasteiger partial charge in [-0.3, -0.25) is 4.79 Å². The van der Waals surface area contributed by atoms with Crippen LogP contribution in [0.15, 0.2) is 78.9 Å². The second-order valence-corrected chi connectivity index (χ2v) is 7.28. The Morgan fingerprint density at radius 2 is 1.65 bits per heavy atom. The summed E-state index contributed by atoms with van der Waals surface area (Å²) in [6.45, 7) is 1.27. The highest BCUT2D eigenvalue weighted by Gasteiger charge is 2.15. The number of carbonyl (C=O) groups excluding carboxylic acids is 1. The lowest BCUT2D eigenvalue weighted by molar-refractivity contribution is 0.0952. The Kier molecular flexibility index (Phi) is 5.10. The van der Waals surface area contributed by atoms with Gasteiger partial charge in [0, 0.05) is 18.5 Å². The number of hydrogen-bond donors (Lipinski definition) is 2. The van der Waals surface area contributed by atoms with Gasteiger partial charge in [0.2, 0.25) is 6.79 Å². The topological polar surface area (TPSA) is 72.5 Å². The molecule has 0 saturated carbocycles. The summed E-state index contributed by atoms with van der Waals surface area (Å²) in [5.74, 6) is 2.01. The van der Waals surface area contributed by atoms with Crippen molar-refractivity contribution in [3.8, 4) is 11.5 Å². The predicted molar refractivity (Wildman–Crippen MR) is 119 cm³/mol. The summed E-state index contributed by atoms with van der Waals surface area (Å²) in [6, 6.07) is 25.1. The maximum Gasteiger partial charge on any atom is 0.252 e. The lowest BCUT2D eigenvalue weighted by atomic mass is 10.1. The van der Waals surface area contributed by atoms with Gasteiger partial charge in [0.25, 0.3) is 5.91 Å². The van der Waals surface area contributed by atoms with Crippen LogP contribution < -0.4 is 20.1 Å². The van der Waals surface area contributed by atoms with Crippen molar-refractivity contribution in [3.63, 3.8) is 0 Å². The third-order valence-corrected chi connectivity index (χ3v) is 5.17. The number of fused-ring (bicyclic) bond motifs is 2. The molecular weight excluding hydrogens is 390 g/mol. The first-order chi connectivity index (χ1) is 15.3. The van der Waals surface area contributed by atoms with Crippen LogP contribution in [0.1, 0.15) is 21.5 Å². The molecule has 2 N–H and O–H groups in total.